The van der Waals surface area contributed by atoms with Crippen molar-refractivity contribution in [2.24, 2.45) is 5.92 Å². The second-order valence-electron chi connectivity index (χ2n) is 5.29. The van der Waals surface area contributed by atoms with Gasteiger partial charge in [0.15, 0.2) is 0 Å². The first-order valence-corrected chi connectivity index (χ1v) is 7.29. The number of nitrogens with one attached hydrogen (secondary N) is 1. The molecule has 1 fully saturated rings. The van der Waals surface area contributed by atoms with Crippen molar-refractivity contribution in [3.8, 4) is 0 Å². The molecule has 0 spiro atoms. The van der Waals surface area contributed by atoms with Gasteiger partial charge >= 0.3 is 6.18 Å². The molecule has 0 aromatic heterocycles. The van der Waals surface area contributed by atoms with E-state index >= 15 is 0 Å². The standard InChI is InChI=1S/C14H17BrF3N/c1-9-2-5-11(6-3-9)19-13-7-4-10(8-12(13)15)14(16,17)18/h4,7-9,11,19H,2-3,5-6H2,1H3. The molecule has 19 heavy (non-hydrogen) atoms. The van der Waals surface area contributed by atoms with Crippen LogP contribution in [0.25, 0.3) is 0 Å². The molecule has 0 bridgehead atoms. The van der Waals surface area contributed by atoms with Crippen LogP contribution in [0, 0.1) is 5.92 Å². The molecule has 0 atom stereocenters. The third-order valence-corrected chi connectivity index (χ3v) is 4.33. The summed E-state index contributed by atoms with van der Waals surface area (Å²) in [6, 6.07) is 4.13. The Morgan fingerprint density at radius 2 is 1.79 bits per heavy atom. The Morgan fingerprint density at radius 3 is 2.32 bits per heavy atom. The summed E-state index contributed by atoms with van der Waals surface area (Å²) < 4.78 is 38.2. The van der Waals surface area contributed by atoms with Crippen LogP contribution in [0.15, 0.2) is 22.7 Å². The Hall–Kier alpha value is -0.710. The summed E-state index contributed by atoms with van der Waals surface area (Å²) in [7, 11) is 0. The van der Waals surface area contributed by atoms with E-state index in [0.717, 1.165) is 36.6 Å². The van der Waals surface area contributed by atoms with Crippen LogP contribution in [0.2, 0.25) is 0 Å². The van der Waals surface area contributed by atoms with Crippen LogP contribution < -0.4 is 5.32 Å². The lowest BCUT2D eigenvalue weighted by Gasteiger charge is -2.28. The molecule has 1 aliphatic rings. The Morgan fingerprint density at radius 1 is 1.16 bits per heavy atom. The molecule has 2 rings (SSSR count). The van der Waals surface area contributed by atoms with E-state index in [0.29, 0.717) is 10.5 Å². The molecule has 0 unspecified atom stereocenters. The van der Waals surface area contributed by atoms with Gasteiger partial charge in [0, 0.05) is 16.2 Å². The second kappa shape index (κ2) is 5.73. The average Bonchev–Trinajstić information content (AvgIpc) is 2.33. The van der Waals surface area contributed by atoms with Gasteiger partial charge in [0.25, 0.3) is 0 Å². The second-order valence-corrected chi connectivity index (χ2v) is 6.15. The highest BCUT2D eigenvalue weighted by Gasteiger charge is 2.31. The number of halogens is 4. The maximum absolute atomic E-state index is 12.6. The molecule has 1 nitrogen and oxygen atoms in total. The molecule has 0 aliphatic heterocycles. The van der Waals surface area contributed by atoms with Gasteiger partial charge in [-0.3, -0.25) is 0 Å². The van der Waals surface area contributed by atoms with E-state index in [9.17, 15) is 13.2 Å². The van der Waals surface area contributed by atoms with Crippen LogP contribution in [0.4, 0.5) is 18.9 Å². The minimum absolute atomic E-state index is 0.365. The third-order valence-electron chi connectivity index (χ3n) is 3.67. The number of alkyl halides is 3. The number of benzene rings is 1. The maximum atomic E-state index is 12.6. The van der Waals surface area contributed by atoms with Gasteiger partial charge in [0.05, 0.1) is 5.56 Å². The summed E-state index contributed by atoms with van der Waals surface area (Å²) >= 11 is 3.22. The molecule has 0 saturated heterocycles. The lowest BCUT2D eigenvalue weighted by atomic mass is 9.87. The number of rotatable bonds is 2. The zero-order valence-corrected chi connectivity index (χ0v) is 12.3. The van der Waals surface area contributed by atoms with Crippen LogP contribution in [-0.2, 0) is 6.18 Å². The molecule has 5 heteroatoms. The van der Waals surface area contributed by atoms with Gasteiger partial charge in [-0.15, -0.1) is 0 Å². The SMILES string of the molecule is CC1CCC(Nc2ccc(C(F)(F)F)cc2Br)CC1. The van der Waals surface area contributed by atoms with Crippen LogP contribution in [0.1, 0.15) is 38.2 Å². The summed E-state index contributed by atoms with van der Waals surface area (Å²) in [5.74, 6) is 0.758. The normalized spacial score (nSPS) is 24.3. The molecule has 1 aliphatic carbocycles. The average molecular weight is 336 g/mol. The van der Waals surface area contributed by atoms with Crippen molar-refractivity contribution < 1.29 is 13.2 Å². The largest absolute Gasteiger partial charge is 0.416 e. The van der Waals surface area contributed by atoms with Crippen molar-refractivity contribution in [3.05, 3.63) is 28.2 Å². The van der Waals surface area contributed by atoms with Crippen molar-refractivity contribution in [1.29, 1.82) is 0 Å². The Balaban J connectivity index is 2.05. The van der Waals surface area contributed by atoms with E-state index in [1.165, 1.54) is 18.9 Å². The Bertz CT molecular complexity index is 437. The smallest absolute Gasteiger partial charge is 0.381 e. The third kappa shape index (κ3) is 3.88. The summed E-state index contributed by atoms with van der Waals surface area (Å²) in [6.45, 7) is 2.24. The van der Waals surface area contributed by atoms with E-state index in [1.54, 1.807) is 0 Å². The van der Waals surface area contributed by atoms with Gasteiger partial charge in [-0.05, 0) is 65.7 Å². The molecule has 1 aromatic carbocycles. The molecule has 0 amide bonds. The number of hydrogen-bond acceptors (Lipinski definition) is 1. The fourth-order valence-corrected chi connectivity index (χ4v) is 2.93. The minimum Gasteiger partial charge on any atom is -0.381 e. The van der Waals surface area contributed by atoms with Gasteiger partial charge in [0.2, 0.25) is 0 Å². The first-order valence-electron chi connectivity index (χ1n) is 6.49. The topological polar surface area (TPSA) is 12.0 Å². The Kier molecular flexibility index (Phi) is 4.43. The first kappa shape index (κ1) is 14.7. The molecular formula is C14H17BrF3N. The van der Waals surface area contributed by atoms with E-state index < -0.39 is 11.7 Å². The lowest BCUT2D eigenvalue weighted by molar-refractivity contribution is -0.137. The van der Waals surface area contributed by atoms with Gasteiger partial charge in [-0.25, -0.2) is 0 Å². The zero-order chi connectivity index (χ0) is 14.0. The molecular weight excluding hydrogens is 319 g/mol. The predicted octanol–water partition coefficient (Wildman–Crippen LogP) is 5.46. The highest BCUT2D eigenvalue weighted by molar-refractivity contribution is 9.10. The molecule has 1 saturated carbocycles. The fourth-order valence-electron chi connectivity index (χ4n) is 2.43. The highest BCUT2D eigenvalue weighted by atomic mass is 79.9. The van der Waals surface area contributed by atoms with Crippen molar-refractivity contribution in [2.75, 3.05) is 5.32 Å². The van der Waals surface area contributed by atoms with E-state index in [-0.39, 0.29) is 0 Å². The molecule has 1 aromatic rings. The predicted molar refractivity (Wildman–Crippen MR) is 74.2 cm³/mol. The van der Waals surface area contributed by atoms with Crippen molar-refractivity contribution in [1.82, 2.24) is 0 Å². The summed E-state index contributed by atoms with van der Waals surface area (Å²) in [5, 5.41) is 3.33. The van der Waals surface area contributed by atoms with Gasteiger partial charge in [0.1, 0.15) is 0 Å². The summed E-state index contributed by atoms with van der Waals surface area (Å²) in [6.07, 6.45) is 0.219. The van der Waals surface area contributed by atoms with Crippen LogP contribution >= 0.6 is 15.9 Å². The van der Waals surface area contributed by atoms with Gasteiger partial charge in [-0.2, -0.15) is 13.2 Å². The van der Waals surface area contributed by atoms with E-state index in [2.05, 4.69) is 28.2 Å². The van der Waals surface area contributed by atoms with E-state index in [1.807, 2.05) is 0 Å². The Labute approximate surface area is 119 Å². The number of hydrogen-bond donors (Lipinski definition) is 1. The van der Waals surface area contributed by atoms with Crippen molar-refractivity contribution in [2.45, 2.75) is 44.8 Å². The van der Waals surface area contributed by atoms with Crippen molar-refractivity contribution >= 4 is 21.6 Å². The molecule has 1 N–H and O–H groups in total. The van der Waals surface area contributed by atoms with Crippen LogP contribution in [0.3, 0.4) is 0 Å². The highest BCUT2D eigenvalue weighted by Crippen LogP contribution is 2.35. The van der Waals surface area contributed by atoms with Crippen LogP contribution in [0.5, 0.6) is 0 Å². The molecule has 0 heterocycles. The van der Waals surface area contributed by atoms with Crippen molar-refractivity contribution in [3.63, 3.8) is 0 Å². The minimum atomic E-state index is -4.29. The maximum Gasteiger partial charge on any atom is 0.416 e. The van der Waals surface area contributed by atoms with Gasteiger partial charge < -0.3 is 5.32 Å². The van der Waals surface area contributed by atoms with Crippen LogP contribution in [-0.4, -0.2) is 6.04 Å². The molecule has 0 radical (unpaired) electrons. The monoisotopic (exact) mass is 335 g/mol. The summed E-state index contributed by atoms with van der Waals surface area (Å²) in [4.78, 5) is 0. The molecule has 106 valence electrons. The van der Waals surface area contributed by atoms with E-state index in [4.69, 9.17) is 0 Å². The summed E-state index contributed by atoms with van der Waals surface area (Å²) in [5.41, 5.74) is 0.120. The zero-order valence-electron chi connectivity index (χ0n) is 10.7. The van der Waals surface area contributed by atoms with Gasteiger partial charge in [-0.1, -0.05) is 6.92 Å². The number of anilines is 1. The fraction of sp³-hybridized carbons (Fsp3) is 0.571. The first-order chi connectivity index (χ1) is 8.86. The lowest BCUT2D eigenvalue weighted by Crippen LogP contribution is -2.25. The quantitative estimate of drug-likeness (QED) is 0.756.